The van der Waals surface area contributed by atoms with Crippen LogP contribution in [-0.4, -0.2) is 37.2 Å². The van der Waals surface area contributed by atoms with Crippen LogP contribution in [0.2, 0.25) is 0 Å². The molecule has 0 radical (unpaired) electrons. The Balaban J connectivity index is 4.39. The summed E-state index contributed by atoms with van der Waals surface area (Å²) in [5, 5.41) is 0. The normalized spacial score (nSPS) is 12.6. The van der Waals surface area contributed by atoms with Gasteiger partial charge >= 0.3 is 17.9 Å². The van der Waals surface area contributed by atoms with Gasteiger partial charge in [0.15, 0.2) is 6.10 Å². The quantitative estimate of drug-likeness (QED) is 0.0262. The van der Waals surface area contributed by atoms with E-state index in [0.29, 0.717) is 19.3 Å². The maximum Gasteiger partial charge on any atom is 0.306 e. The van der Waals surface area contributed by atoms with Crippen LogP contribution in [0.4, 0.5) is 0 Å². The van der Waals surface area contributed by atoms with Crippen molar-refractivity contribution in [2.75, 3.05) is 13.2 Å². The lowest BCUT2D eigenvalue weighted by molar-refractivity contribution is -0.167. The number of rotatable bonds is 50. The lowest BCUT2D eigenvalue weighted by Gasteiger charge is -2.18. The number of hydrogen-bond donors (Lipinski definition) is 0. The fourth-order valence-electron chi connectivity index (χ4n) is 7.82. The lowest BCUT2D eigenvalue weighted by Crippen LogP contribution is -2.30. The zero-order valence-electron chi connectivity index (χ0n) is 43.4. The van der Waals surface area contributed by atoms with Gasteiger partial charge in [-0.2, -0.15) is 0 Å². The number of carbonyl (C=O) groups excluding carboxylic acids is 3. The summed E-state index contributed by atoms with van der Waals surface area (Å²) in [7, 11) is 0. The Morgan fingerprint density at radius 3 is 0.924 bits per heavy atom. The number of ether oxygens (including phenoxy) is 3. The van der Waals surface area contributed by atoms with Crippen molar-refractivity contribution in [1.82, 2.24) is 0 Å². The average molecular weight is 921 g/mol. The van der Waals surface area contributed by atoms with Crippen LogP contribution in [0.5, 0.6) is 0 Å². The number of allylic oxidation sites excluding steroid dienone is 12. The van der Waals surface area contributed by atoms with Gasteiger partial charge in [0.05, 0.1) is 0 Å². The molecule has 0 spiro atoms. The minimum atomic E-state index is -0.790. The molecule has 0 rings (SSSR count). The highest BCUT2D eigenvalue weighted by atomic mass is 16.6. The third-order valence-electron chi connectivity index (χ3n) is 12.0. The second-order valence-electron chi connectivity index (χ2n) is 18.4. The molecule has 1 atom stereocenters. The maximum absolute atomic E-state index is 12.8. The minimum Gasteiger partial charge on any atom is -0.462 e. The van der Waals surface area contributed by atoms with Crippen LogP contribution in [-0.2, 0) is 28.6 Å². The van der Waals surface area contributed by atoms with E-state index in [1.165, 1.54) is 109 Å². The first kappa shape index (κ1) is 62.8. The third kappa shape index (κ3) is 51.8. The summed E-state index contributed by atoms with van der Waals surface area (Å²) in [5.74, 6) is -0.914. The highest BCUT2D eigenvalue weighted by molar-refractivity contribution is 5.71. The molecule has 0 aromatic carbocycles. The Bertz CT molecular complexity index is 1240. The largest absolute Gasteiger partial charge is 0.462 e. The van der Waals surface area contributed by atoms with E-state index in [-0.39, 0.29) is 31.1 Å². The van der Waals surface area contributed by atoms with Crippen molar-refractivity contribution in [3.63, 3.8) is 0 Å². The van der Waals surface area contributed by atoms with Gasteiger partial charge in [-0.1, -0.05) is 241 Å². The van der Waals surface area contributed by atoms with E-state index < -0.39 is 6.10 Å². The van der Waals surface area contributed by atoms with E-state index in [9.17, 15) is 14.4 Å². The maximum atomic E-state index is 12.8. The lowest BCUT2D eigenvalue weighted by atomic mass is 10.0. The fourth-order valence-corrected chi connectivity index (χ4v) is 7.82. The highest BCUT2D eigenvalue weighted by Gasteiger charge is 2.19. The number of unbranched alkanes of at least 4 members (excludes halogenated alkanes) is 27. The van der Waals surface area contributed by atoms with Crippen molar-refractivity contribution in [3.05, 3.63) is 72.9 Å². The van der Waals surface area contributed by atoms with Gasteiger partial charge in [0.25, 0.3) is 0 Å². The molecule has 0 heterocycles. The summed E-state index contributed by atoms with van der Waals surface area (Å²) in [6.45, 7) is 6.41. The molecule has 1 unspecified atom stereocenters. The van der Waals surface area contributed by atoms with Crippen molar-refractivity contribution in [2.24, 2.45) is 0 Å². The Labute approximate surface area is 408 Å². The van der Waals surface area contributed by atoms with E-state index in [1.807, 2.05) is 0 Å². The molecule has 6 heteroatoms. The Hall–Kier alpha value is -3.15. The van der Waals surface area contributed by atoms with Crippen LogP contribution in [0.15, 0.2) is 72.9 Å². The summed E-state index contributed by atoms with van der Waals surface area (Å²) in [6.07, 6.45) is 68.9. The van der Waals surface area contributed by atoms with Crippen molar-refractivity contribution in [2.45, 2.75) is 277 Å². The monoisotopic (exact) mass is 921 g/mol. The number of carbonyl (C=O) groups is 3. The summed E-state index contributed by atoms with van der Waals surface area (Å²) in [6, 6.07) is 0. The number of hydrogen-bond acceptors (Lipinski definition) is 6. The molecule has 0 saturated carbocycles. The van der Waals surface area contributed by atoms with Crippen molar-refractivity contribution in [1.29, 1.82) is 0 Å². The standard InChI is InChI=1S/C60H104O6/c1-4-7-10-13-16-19-22-25-28-30-31-33-35-38-41-44-47-50-53-59(62)65-56-57(55-64-58(61)52-49-46-43-40-37-34-27-24-21-18-15-12-9-6-3)66-60(63)54-51-48-45-42-39-36-32-29-26-23-20-17-14-11-8-5-2/h8-9,11-12,17-18,20-21,26-27,29,34,57H,4-7,10,13-16,19,22-25,28,30-33,35-56H2,1-3H3/b11-8-,12-9-,20-17-,21-18-,29-26-,34-27-. The van der Waals surface area contributed by atoms with E-state index in [4.69, 9.17) is 14.2 Å². The molecule has 6 nitrogen and oxygen atoms in total. The van der Waals surface area contributed by atoms with Crippen LogP contribution in [0.25, 0.3) is 0 Å². The van der Waals surface area contributed by atoms with Crippen LogP contribution in [0, 0.1) is 0 Å². The summed E-state index contributed by atoms with van der Waals surface area (Å²) in [4.78, 5) is 38.1. The first-order valence-corrected chi connectivity index (χ1v) is 27.9. The molecule has 0 amide bonds. The molecule has 0 aromatic rings. The van der Waals surface area contributed by atoms with Crippen LogP contribution in [0.3, 0.4) is 0 Å². The van der Waals surface area contributed by atoms with Gasteiger partial charge in [-0.3, -0.25) is 14.4 Å². The molecular formula is C60H104O6. The van der Waals surface area contributed by atoms with E-state index >= 15 is 0 Å². The summed E-state index contributed by atoms with van der Waals surface area (Å²) < 4.78 is 16.8. The molecule has 380 valence electrons. The van der Waals surface area contributed by atoms with Crippen molar-refractivity contribution >= 4 is 17.9 Å². The van der Waals surface area contributed by atoms with E-state index in [0.717, 1.165) is 122 Å². The van der Waals surface area contributed by atoms with Gasteiger partial charge in [0.1, 0.15) is 13.2 Å². The second kappa shape index (κ2) is 54.5. The zero-order valence-corrected chi connectivity index (χ0v) is 43.4. The van der Waals surface area contributed by atoms with Crippen LogP contribution < -0.4 is 0 Å². The molecule has 0 aliphatic heterocycles. The van der Waals surface area contributed by atoms with Gasteiger partial charge in [0, 0.05) is 19.3 Å². The van der Waals surface area contributed by atoms with Crippen LogP contribution >= 0.6 is 0 Å². The second-order valence-corrected chi connectivity index (χ2v) is 18.4. The average Bonchev–Trinajstić information content (AvgIpc) is 3.31. The summed E-state index contributed by atoms with van der Waals surface area (Å²) in [5.41, 5.74) is 0. The topological polar surface area (TPSA) is 78.9 Å². The van der Waals surface area contributed by atoms with Gasteiger partial charge < -0.3 is 14.2 Å². The molecule has 0 saturated heterocycles. The van der Waals surface area contributed by atoms with Gasteiger partial charge in [-0.15, -0.1) is 0 Å². The first-order chi connectivity index (χ1) is 32.5. The number of esters is 3. The molecule has 0 N–H and O–H groups in total. The minimum absolute atomic E-state index is 0.0862. The zero-order chi connectivity index (χ0) is 47.9. The molecule has 66 heavy (non-hydrogen) atoms. The Kier molecular flexibility index (Phi) is 51.9. The molecule has 0 fully saturated rings. The van der Waals surface area contributed by atoms with Gasteiger partial charge in [-0.05, 0) is 83.5 Å². The molecule has 0 aliphatic rings. The van der Waals surface area contributed by atoms with E-state index in [2.05, 4.69) is 93.7 Å². The predicted octanol–water partition coefficient (Wildman–Crippen LogP) is 18.6. The molecule has 0 aliphatic carbocycles. The Morgan fingerprint density at radius 2 is 0.591 bits per heavy atom. The summed E-state index contributed by atoms with van der Waals surface area (Å²) >= 11 is 0. The van der Waals surface area contributed by atoms with Crippen molar-refractivity contribution in [3.8, 4) is 0 Å². The predicted molar refractivity (Wildman–Crippen MR) is 284 cm³/mol. The molecule has 0 aromatic heterocycles. The van der Waals surface area contributed by atoms with Gasteiger partial charge in [0.2, 0.25) is 0 Å². The van der Waals surface area contributed by atoms with E-state index in [1.54, 1.807) is 0 Å². The Morgan fingerprint density at radius 1 is 0.318 bits per heavy atom. The SMILES string of the molecule is CC/C=C\C/C=C\C/C=C\CCCCCCCCC(=O)OC(COC(=O)CCCCCC/C=C\C/C=C\C/C=C\CC)COC(=O)CCCCCCCCCCCCCCCCCCCC. The van der Waals surface area contributed by atoms with Gasteiger partial charge in [-0.25, -0.2) is 0 Å². The van der Waals surface area contributed by atoms with Crippen LogP contribution in [0.1, 0.15) is 271 Å². The third-order valence-corrected chi connectivity index (χ3v) is 12.0. The first-order valence-electron chi connectivity index (χ1n) is 27.9. The molecule has 0 bridgehead atoms. The highest BCUT2D eigenvalue weighted by Crippen LogP contribution is 2.16. The molecular weight excluding hydrogens is 817 g/mol. The van der Waals surface area contributed by atoms with Crippen molar-refractivity contribution < 1.29 is 28.6 Å². The fraction of sp³-hybridized carbons (Fsp3) is 0.750. The smallest absolute Gasteiger partial charge is 0.306 e.